The third kappa shape index (κ3) is 1.94. The molecule has 102 valence electrons. The van der Waals surface area contributed by atoms with Crippen molar-refractivity contribution < 1.29 is 13.5 Å². The highest BCUT2D eigenvalue weighted by atomic mass is 32.2. The second-order valence-electron chi connectivity index (χ2n) is 5.52. The topological polar surface area (TPSA) is 90.2 Å². The summed E-state index contributed by atoms with van der Waals surface area (Å²) in [5.74, 6) is -0.227. The number of hydrogen-bond acceptors (Lipinski definition) is 5. The molecule has 5 nitrogen and oxygen atoms in total. The highest BCUT2D eigenvalue weighted by molar-refractivity contribution is 7.91. The lowest BCUT2D eigenvalue weighted by molar-refractivity contribution is -0.110. The van der Waals surface area contributed by atoms with Crippen LogP contribution in [0.15, 0.2) is 0 Å². The molecule has 6 heteroatoms. The van der Waals surface area contributed by atoms with Crippen LogP contribution in [0.5, 0.6) is 0 Å². The van der Waals surface area contributed by atoms with Gasteiger partial charge in [-0.05, 0) is 25.8 Å². The molecule has 2 aliphatic heterocycles. The van der Waals surface area contributed by atoms with E-state index in [1.54, 1.807) is 0 Å². The average molecular weight is 272 g/mol. The van der Waals surface area contributed by atoms with Gasteiger partial charge in [0.05, 0.1) is 23.2 Å². The van der Waals surface area contributed by atoms with Crippen LogP contribution in [0.2, 0.25) is 0 Å². The lowest BCUT2D eigenvalue weighted by Crippen LogP contribution is -2.60. The summed E-state index contributed by atoms with van der Waals surface area (Å²) >= 11 is 0. The van der Waals surface area contributed by atoms with Crippen molar-refractivity contribution in [2.75, 3.05) is 24.6 Å². The van der Waals surface area contributed by atoms with Crippen molar-refractivity contribution in [2.24, 2.45) is 11.3 Å². The molecule has 0 bridgehead atoms. The van der Waals surface area contributed by atoms with Crippen LogP contribution in [0.4, 0.5) is 0 Å². The van der Waals surface area contributed by atoms with E-state index in [2.05, 4.69) is 11.4 Å². The van der Waals surface area contributed by atoms with Crippen LogP contribution < -0.4 is 5.32 Å². The van der Waals surface area contributed by atoms with Gasteiger partial charge >= 0.3 is 0 Å². The molecule has 3 atom stereocenters. The molecule has 2 fully saturated rings. The molecule has 0 aromatic carbocycles. The summed E-state index contributed by atoms with van der Waals surface area (Å²) in [6.45, 7) is 3.25. The number of nitrogens with one attached hydrogen (secondary N) is 1. The molecule has 2 N–H and O–H groups in total. The van der Waals surface area contributed by atoms with E-state index in [-0.39, 0.29) is 23.8 Å². The van der Waals surface area contributed by atoms with Crippen molar-refractivity contribution in [3.05, 3.63) is 0 Å². The Balaban J connectivity index is 2.40. The number of piperidine rings is 1. The SMILES string of the molecule is CCC1CNCCC1(O)C1(C#N)CCS(=O)(=O)C1. The molecule has 0 amide bonds. The minimum absolute atomic E-state index is 0.0206. The van der Waals surface area contributed by atoms with Gasteiger partial charge in [-0.2, -0.15) is 5.26 Å². The molecule has 3 unspecified atom stereocenters. The smallest absolute Gasteiger partial charge is 0.152 e. The molecule has 18 heavy (non-hydrogen) atoms. The average Bonchev–Trinajstić information content (AvgIpc) is 2.67. The maximum atomic E-state index is 11.7. The summed E-state index contributed by atoms with van der Waals surface area (Å²) in [5.41, 5.74) is -2.29. The summed E-state index contributed by atoms with van der Waals surface area (Å²) in [5, 5.41) is 23.7. The van der Waals surface area contributed by atoms with Crippen LogP contribution in [-0.2, 0) is 9.84 Å². The zero-order valence-corrected chi connectivity index (χ0v) is 11.5. The number of nitrogens with zero attached hydrogens (tertiary/aromatic N) is 1. The molecule has 0 aromatic heterocycles. The third-order valence-corrected chi connectivity index (χ3v) is 6.35. The van der Waals surface area contributed by atoms with Crippen LogP contribution in [0.3, 0.4) is 0 Å². The first-order chi connectivity index (χ1) is 8.39. The maximum Gasteiger partial charge on any atom is 0.152 e. The molecule has 0 spiro atoms. The predicted molar refractivity (Wildman–Crippen MR) is 67.5 cm³/mol. The van der Waals surface area contributed by atoms with Gasteiger partial charge in [0.1, 0.15) is 5.41 Å². The van der Waals surface area contributed by atoms with E-state index in [1.807, 2.05) is 6.92 Å². The zero-order valence-electron chi connectivity index (χ0n) is 10.6. The van der Waals surface area contributed by atoms with Gasteiger partial charge < -0.3 is 10.4 Å². The molecular weight excluding hydrogens is 252 g/mol. The van der Waals surface area contributed by atoms with Gasteiger partial charge in [0, 0.05) is 12.5 Å². The summed E-state index contributed by atoms with van der Waals surface area (Å²) < 4.78 is 23.4. The number of hydrogen-bond donors (Lipinski definition) is 2. The molecule has 2 saturated heterocycles. The molecule has 2 heterocycles. The van der Waals surface area contributed by atoms with Crippen molar-refractivity contribution >= 4 is 9.84 Å². The quantitative estimate of drug-likeness (QED) is 0.742. The Morgan fingerprint density at radius 2 is 2.22 bits per heavy atom. The molecule has 0 saturated carbocycles. The van der Waals surface area contributed by atoms with Gasteiger partial charge in [0.2, 0.25) is 0 Å². The Bertz CT molecular complexity index is 470. The first-order valence-electron chi connectivity index (χ1n) is 6.44. The van der Waals surface area contributed by atoms with Gasteiger partial charge in [-0.1, -0.05) is 6.92 Å². The number of aliphatic hydroxyl groups is 1. The molecule has 0 radical (unpaired) electrons. The Morgan fingerprint density at radius 1 is 1.50 bits per heavy atom. The van der Waals surface area contributed by atoms with Crippen molar-refractivity contribution in [1.82, 2.24) is 5.32 Å². The molecule has 0 aromatic rings. The van der Waals surface area contributed by atoms with Gasteiger partial charge in [-0.25, -0.2) is 8.42 Å². The predicted octanol–water partition coefficient (Wildman–Crippen LogP) is 0.0655. The van der Waals surface area contributed by atoms with Crippen molar-refractivity contribution in [3.63, 3.8) is 0 Å². The highest BCUT2D eigenvalue weighted by Crippen LogP contribution is 2.48. The molecule has 2 rings (SSSR count). The minimum Gasteiger partial charge on any atom is -0.388 e. The van der Waals surface area contributed by atoms with E-state index in [9.17, 15) is 18.8 Å². The van der Waals surface area contributed by atoms with E-state index >= 15 is 0 Å². The molecule has 0 aliphatic carbocycles. The summed E-state index contributed by atoms with van der Waals surface area (Å²) in [6.07, 6.45) is 1.46. The fourth-order valence-electron chi connectivity index (χ4n) is 3.42. The maximum absolute atomic E-state index is 11.7. The largest absolute Gasteiger partial charge is 0.388 e. The number of rotatable bonds is 2. The van der Waals surface area contributed by atoms with E-state index in [4.69, 9.17) is 0 Å². The number of sulfone groups is 1. The zero-order chi connectivity index (χ0) is 13.4. The van der Waals surface area contributed by atoms with Crippen molar-refractivity contribution in [2.45, 2.75) is 31.8 Å². The van der Waals surface area contributed by atoms with E-state index < -0.39 is 20.9 Å². The van der Waals surface area contributed by atoms with E-state index in [0.29, 0.717) is 19.5 Å². The van der Waals surface area contributed by atoms with Crippen molar-refractivity contribution in [3.8, 4) is 6.07 Å². The summed E-state index contributed by atoms with van der Waals surface area (Å²) in [7, 11) is -3.19. The monoisotopic (exact) mass is 272 g/mol. The second kappa shape index (κ2) is 4.48. The normalized spacial score (nSPS) is 43.5. The van der Waals surface area contributed by atoms with Crippen LogP contribution in [0, 0.1) is 22.7 Å². The Hall–Kier alpha value is -0.640. The molecular formula is C12H20N2O3S. The Labute approximate surface area is 108 Å². The van der Waals surface area contributed by atoms with Crippen molar-refractivity contribution in [1.29, 1.82) is 5.26 Å². The lowest BCUT2D eigenvalue weighted by atomic mass is 9.62. The summed E-state index contributed by atoms with van der Waals surface area (Å²) in [6, 6.07) is 2.15. The van der Waals surface area contributed by atoms with E-state index in [0.717, 1.165) is 6.42 Å². The van der Waals surface area contributed by atoms with Gasteiger partial charge in [0.25, 0.3) is 0 Å². The highest BCUT2D eigenvalue weighted by Gasteiger charge is 2.60. The lowest BCUT2D eigenvalue weighted by Gasteiger charge is -2.48. The van der Waals surface area contributed by atoms with Crippen LogP contribution in [0.1, 0.15) is 26.2 Å². The fourth-order valence-corrected chi connectivity index (χ4v) is 5.43. The fraction of sp³-hybridized carbons (Fsp3) is 0.917. The van der Waals surface area contributed by atoms with Gasteiger partial charge in [-0.3, -0.25) is 0 Å². The van der Waals surface area contributed by atoms with E-state index in [1.165, 1.54) is 0 Å². The van der Waals surface area contributed by atoms with Gasteiger partial charge in [0.15, 0.2) is 9.84 Å². The van der Waals surface area contributed by atoms with Gasteiger partial charge in [-0.15, -0.1) is 0 Å². The van der Waals surface area contributed by atoms with Crippen LogP contribution in [-0.4, -0.2) is 43.7 Å². The first-order valence-corrected chi connectivity index (χ1v) is 8.26. The second-order valence-corrected chi connectivity index (χ2v) is 7.70. The minimum atomic E-state index is -3.19. The number of nitriles is 1. The first kappa shape index (κ1) is 13.8. The Kier molecular flexibility index (Phi) is 3.43. The third-order valence-electron chi connectivity index (χ3n) is 4.59. The summed E-state index contributed by atoms with van der Waals surface area (Å²) in [4.78, 5) is 0. The standard InChI is InChI=1S/C12H20N2O3S/c1-2-10-7-14-5-3-12(10,15)11(8-13)4-6-18(16,17)9-11/h10,14-15H,2-7,9H2,1H3. The van der Waals surface area contributed by atoms with Crippen LogP contribution >= 0.6 is 0 Å². The Morgan fingerprint density at radius 3 is 2.72 bits per heavy atom. The van der Waals surface area contributed by atoms with Crippen LogP contribution in [0.25, 0.3) is 0 Å². The molecule has 2 aliphatic rings.